The van der Waals surface area contributed by atoms with Gasteiger partial charge in [0.25, 0.3) is 0 Å². The fraction of sp³-hybridized carbons (Fsp3) is 0.222. The number of hydrogen-bond donors (Lipinski definition) is 2. The van der Waals surface area contributed by atoms with E-state index < -0.39 is 11.9 Å². The smallest absolute Gasteiger partial charge is 0.310 e. The van der Waals surface area contributed by atoms with Gasteiger partial charge in [0.05, 0.1) is 5.92 Å². The van der Waals surface area contributed by atoms with Crippen molar-refractivity contribution in [3.05, 3.63) is 71.3 Å². The maximum atomic E-state index is 12.2. The number of carboxylic acids is 1. The summed E-state index contributed by atoms with van der Waals surface area (Å²) in [5.74, 6) is -1.62. The molecule has 4 heteroatoms. The quantitative estimate of drug-likeness (QED) is 0.851. The van der Waals surface area contributed by atoms with Crippen molar-refractivity contribution in [2.75, 3.05) is 6.61 Å². The number of aliphatic carboxylic acids is 1. The van der Waals surface area contributed by atoms with Crippen molar-refractivity contribution >= 4 is 11.8 Å². The molecule has 2 aromatic carbocycles. The molecule has 0 aromatic heterocycles. The Kier molecular flexibility index (Phi) is 6.99. The lowest BCUT2D eigenvalue weighted by Gasteiger charge is -2.08. The zero-order valence-corrected chi connectivity index (χ0v) is 12.7. The molecule has 0 aliphatic rings. The summed E-state index contributed by atoms with van der Waals surface area (Å²) in [5, 5.41) is 16.6. The molecule has 2 N–H and O–H groups in total. The molecule has 1 unspecified atom stereocenters. The number of carboxylic acid groups (broad SMARTS) is 1. The summed E-state index contributed by atoms with van der Waals surface area (Å²) in [6.07, 6.45) is 0. The molecular weight excluding hydrogens is 280 g/mol. The van der Waals surface area contributed by atoms with Crippen molar-refractivity contribution in [1.29, 1.82) is 0 Å². The predicted octanol–water partition coefficient (Wildman–Crippen LogP) is 3.10. The Morgan fingerprint density at radius 1 is 1.00 bits per heavy atom. The van der Waals surface area contributed by atoms with Crippen LogP contribution in [0.25, 0.3) is 0 Å². The Labute approximate surface area is 130 Å². The standard InChI is InChI=1S/C16H14O3.C2H6O/c1-11(16(18)19)13-8-5-9-14(10-13)15(17)12-6-3-2-4-7-12;1-2-3/h2-11H,1H3,(H,18,19);3H,2H2,1H3. The van der Waals surface area contributed by atoms with Gasteiger partial charge in [-0.1, -0.05) is 48.5 Å². The highest BCUT2D eigenvalue weighted by molar-refractivity contribution is 6.09. The van der Waals surface area contributed by atoms with E-state index in [1.165, 1.54) is 0 Å². The highest BCUT2D eigenvalue weighted by Crippen LogP contribution is 2.18. The lowest BCUT2D eigenvalue weighted by atomic mass is 9.96. The molecule has 0 aliphatic carbocycles. The van der Waals surface area contributed by atoms with E-state index in [9.17, 15) is 9.59 Å². The molecule has 0 saturated carbocycles. The minimum Gasteiger partial charge on any atom is -0.481 e. The van der Waals surface area contributed by atoms with Crippen molar-refractivity contribution in [3.8, 4) is 0 Å². The van der Waals surface area contributed by atoms with Gasteiger partial charge in [-0.05, 0) is 25.5 Å². The molecule has 0 heterocycles. The summed E-state index contributed by atoms with van der Waals surface area (Å²) in [7, 11) is 0. The summed E-state index contributed by atoms with van der Waals surface area (Å²) in [5.41, 5.74) is 1.74. The summed E-state index contributed by atoms with van der Waals surface area (Å²) in [6, 6.07) is 15.7. The van der Waals surface area contributed by atoms with Gasteiger partial charge in [0.1, 0.15) is 0 Å². The van der Waals surface area contributed by atoms with Gasteiger partial charge >= 0.3 is 5.97 Å². The largest absolute Gasteiger partial charge is 0.481 e. The van der Waals surface area contributed by atoms with Crippen LogP contribution in [0.2, 0.25) is 0 Å². The average Bonchev–Trinajstić information content (AvgIpc) is 2.55. The normalized spacial score (nSPS) is 11.0. The Hall–Kier alpha value is -2.46. The number of benzene rings is 2. The molecule has 0 fully saturated rings. The Balaban J connectivity index is 0.000000745. The Morgan fingerprint density at radius 3 is 2.09 bits per heavy atom. The van der Waals surface area contributed by atoms with Crippen LogP contribution in [0.5, 0.6) is 0 Å². The topological polar surface area (TPSA) is 74.6 Å². The van der Waals surface area contributed by atoms with Crippen molar-refractivity contribution in [2.45, 2.75) is 19.8 Å². The van der Waals surface area contributed by atoms with E-state index in [0.717, 1.165) is 0 Å². The lowest BCUT2D eigenvalue weighted by Crippen LogP contribution is -2.09. The van der Waals surface area contributed by atoms with Gasteiger partial charge in [0.2, 0.25) is 0 Å². The van der Waals surface area contributed by atoms with E-state index in [0.29, 0.717) is 16.7 Å². The molecule has 0 amide bonds. The molecular formula is C18H20O4. The summed E-state index contributed by atoms with van der Waals surface area (Å²) >= 11 is 0. The van der Waals surface area contributed by atoms with E-state index in [4.69, 9.17) is 10.2 Å². The fourth-order valence-corrected chi connectivity index (χ4v) is 1.85. The maximum absolute atomic E-state index is 12.2. The minimum atomic E-state index is -0.899. The van der Waals surface area contributed by atoms with Crippen LogP contribution in [0, 0.1) is 0 Å². The van der Waals surface area contributed by atoms with Crippen LogP contribution in [-0.2, 0) is 4.79 Å². The van der Waals surface area contributed by atoms with Crippen LogP contribution in [0.15, 0.2) is 54.6 Å². The number of rotatable bonds is 4. The summed E-state index contributed by atoms with van der Waals surface area (Å²) < 4.78 is 0. The molecule has 1 atom stereocenters. The van der Waals surface area contributed by atoms with Gasteiger partial charge in [-0.15, -0.1) is 0 Å². The number of carbonyl (C=O) groups excluding carboxylic acids is 1. The van der Waals surface area contributed by atoms with Crippen molar-refractivity contribution in [1.82, 2.24) is 0 Å². The first-order valence-electron chi connectivity index (χ1n) is 7.04. The van der Waals surface area contributed by atoms with Crippen molar-refractivity contribution in [3.63, 3.8) is 0 Å². The third-order valence-corrected chi connectivity index (χ3v) is 3.06. The summed E-state index contributed by atoms with van der Waals surface area (Å²) in [4.78, 5) is 23.2. The van der Waals surface area contributed by atoms with Crippen molar-refractivity contribution in [2.24, 2.45) is 0 Å². The fourth-order valence-electron chi connectivity index (χ4n) is 1.85. The monoisotopic (exact) mass is 300 g/mol. The van der Waals surface area contributed by atoms with Gasteiger partial charge in [-0.3, -0.25) is 9.59 Å². The minimum absolute atomic E-state index is 0.0972. The Morgan fingerprint density at radius 2 is 1.55 bits per heavy atom. The van der Waals surface area contributed by atoms with E-state index in [1.54, 1.807) is 62.4 Å². The number of carbonyl (C=O) groups is 2. The van der Waals surface area contributed by atoms with E-state index in [2.05, 4.69) is 0 Å². The molecule has 116 valence electrons. The Bertz CT molecular complexity index is 620. The first-order valence-corrected chi connectivity index (χ1v) is 7.04. The highest BCUT2D eigenvalue weighted by Gasteiger charge is 2.16. The van der Waals surface area contributed by atoms with E-state index >= 15 is 0 Å². The van der Waals surface area contributed by atoms with Crippen LogP contribution in [-0.4, -0.2) is 28.6 Å². The van der Waals surface area contributed by atoms with Crippen LogP contribution in [0.4, 0.5) is 0 Å². The molecule has 0 saturated heterocycles. The molecule has 2 rings (SSSR count). The first kappa shape index (κ1) is 17.6. The van der Waals surface area contributed by atoms with E-state index in [-0.39, 0.29) is 12.4 Å². The van der Waals surface area contributed by atoms with Gasteiger partial charge < -0.3 is 10.2 Å². The second-order valence-corrected chi connectivity index (χ2v) is 4.70. The van der Waals surface area contributed by atoms with Crippen LogP contribution in [0.1, 0.15) is 41.3 Å². The lowest BCUT2D eigenvalue weighted by molar-refractivity contribution is -0.138. The van der Waals surface area contributed by atoms with Gasteiger partial charge in [-0.25, -0.2) is 0 Å². The molecule has 2 aromatic rings. The second-order valence-electron chi connectivity index (χ2n) is 4.70. The van der Waals surface area contributed by atoms with Crippen molar-refractivity contribution < 1.29 is 19.8 Å². The summed E-state index contributed by atoms with van der Waals surface area (Å²) in [6.45, 7) is 3.54. The molecule has 0 aliphatic heterocycles. The molecule has 0 spiro atoms. The van der Waals surface area contributed by atoms with Crippen LogP contribution in [0.3, 0.4) is 0 Å². The molecule has 0 radical (unpaired) electrons. The van der Waals surface area contributed by atoms with Crippen LogP contribution < -0.4 is 0 Å². The maximum Gasteiger partial charge on any atom is 0.310 e. The van der Waals surface area contributed by atoms with E-state index in [1.807, 2.05) is 6.07 Å². The first-order chi connectivity index (χ1) is 10.5. The highest BCUT2D eigenvalue weighted by atomic mass is 16.4. The van der Waals surface area contributed by atoms with Crippen LogP contribution >= 0.6 is 0 Å². The third-order valence-electron chi connectivity index (χ3n) is 3.06. The number of hydrogen-bond acceptors (Lipinski definition) is 3. The average molecular weight is 300 g/mol. The van der Waals surface area contributed by atoms with Gasteiger partial charge in [-0.2, -0.15) is 0 Å². The third kappa shape index (κ3) is 4.82. The molecule has 22 heavy (non-hydrogen) atoms. The molecule has 0 bridgehead atoms. The van der Waals surface area contributed by atoms with Gasteiger partial charge in [0, 0.05) is 17.7 Å². The number of ketones is 1. The zero-order chi connectivity index (χ0) is 16.5. The zero-order valence-electron chi connectivity index (χ0n) is 12.7. The number of aliphatic hydroxyl groups is 1. The number of aliphatic hydroxyl groups excluding tert-OH is 1. The van der Waals surface area contributed by atoms with Gasteiger partial charge in [0.15, 0.2) is 5.78 Å². The second kappa shape index (κ2) is 8.74. The molecule has 4 nitrogen and oxygen atoms in total. The SMILES string of the molecule is CC(C(=O)O)c1cccc(C(=O)c2ccccc2)c1.CCO. The predicted molar refractivity (Wildman–Crippen MR) is 85.1 cm³/mol.